The van der Waals surface area contributed by atoms with Crippen molar-refractivity contribution in [2.24, 2.45) is 0 Å². The lowest BCUT2D eigenvalue weighted by Crippen LogP contribution is -1.96. The summed E-state index contributed by atoms with van der Waals surface area (Å²) in [4.78, 5) is 15.6. The van der Waals surface area contributed by atoms with E-state index in [4.69, 9.17) is 19.4 Å². The number of benzene rings is 10. The Labute approximate surface area is 387 Å². The molecule has 4 nitrogen and oxygen atoms in total. The van der Waals surface area contributed by atoms with Gasteiger partial charge in [0, 0.05) is 44.2 Å². The van der Waals surface area contributed by atoms with Gasteiger partial charge >= 0.3 is 0 Å². The van der Waals surface area contributed by atoms with Crippen LogP contribution < -0.4 is 0 Å². The molecule has 3 aromatic heterocycles. The van der Waals surface area contributed by atoms with E-state index in [1.165, 1.54) is 32.3 Å². The quantitative estimate of drug-likeness (QED) is 0.150. The molecule has 13 aromatic rings. The highest BCUT2D eigenvalue weighted by molar-refractivity contribution is 6.26. The molecule has 0 bridgehead atoms. The van der Waals surface area contributed by atoms with E-state index in [0.717, 1.165) is 94.8 Å². The maximum Gasteiger partial charge on any atom is 0.162 e. The van der Waals surface area contributed by atoms with Crippen LogP contribution in [0.2, 0.25) is 0 Å². The van der Waals surface area contributed by atoms with Crippen LogP contribution in [-0.4, -0.2) is 15.0 Å². The van der Waals surface area contributed by atoms with Gasteiger partial charge in [0.1, 0.15) is 11.5 Å². The van der Waals surface area contributed by atoms with E-state index in [1.807, 2.05) is 30.3 Å². The Hall–Kier alpha value is -8.99. The number of para-hydroxylation sites is 1. The zero-order chi connectivity index (χ0) is 44.3. The minimum Gasteiger partial charge on any atom is -0.453 e. The van der Waals surface area contributed by atoms with E-state index in [1.54, 1.807) is 0 Å². The third-order valence-corrected chi connectivity index (χ3v) is 13.1. The molecule has 0 spiro atoms. The van der Waals surface area contributed by atoms with Crippen LogP contribution in [0.4, 0.5) is 0 Å². The molecule has 0 amide bonds. The number of nitrogens with zero attached hydrogens (tertiary/aromatic N) is 3. The van der Waals surface area contributed by atoms with E-state index >= 15 is 0 Å². The molecule has 10 aromatic carbocycles. The first-order chi connectivity index (χ1) is 33.2. The molecule has 0 aliphatic carbocycles. The van der Waals surface area contributed by atoms with Crippen LogP contribution in [-0.2, 0) is 0 Å². The molecular weight excluding hydrogens is 815 g/mol. The van der Waals surface area contributed by atoms with Gasteiger partial charge < -0.3 is 4.42 Å². The monoisotopic (exact) mass is 853 g/mol. The number of pyridine rings is 1. The summed E-state index contributed by atoms with van der Waals surface area (Å²) in [6, 6.07) is 83.2. The molecular formula is C63H39N3O. The average molecular weight is 854 g/mol. The first kappa shape index (κ1) is 38.5. The van der Waals surface area contributed by atoms with Gasteiger partial charge in [-0.2, -0.15) is 0 Å². The highest BCUT2D eigenvalue weighted by atomic mass is 16.3. The van der Waals surface area contributed by atoms with Crippen LogP contribution in [0.1, 0.15) is 0 Å². The standard InChI is InChI=1S/C63H39N3O/c1-4-17-40(18-5-1)45-23-16-24-46(37-45)57-39-56(65-63(66-57)44-21-8-3-9-22-44)41-31-33-43(34-32-41)61-58(59-53-29-14-15-30-55(53)64-60(62(59)67-61)42-19-6-2-7-20-42)47-35-36-52-50-27-11-10-25-48(50)49-26-12-13-28-51(49)54(52)38-47/h1-39H. The topological polar surface area (TPSA) is 51.8 Å². The highest BCUT2D eigenvalue weighted by Crippen LogP contribution is 2.48. The van der Waals surface area contributed by atoms with Crippen LogP contribution in [0.3, 0.4) is 0 Å². The molecule has 0 radical (unpaired) electrons. The van der Waals surface area contributed by atoms with E-state index in [0.29, 0.717) is 5.82 Å². The zero-order valence-electron chi connectivity index (χ0n) is 36.3. The molecule has 67 heavy (non-hydrogen) atoms. The molecule has 0 atom stereocenters. The van der Waals surface area contributed by atoms with Crippen LogP contribution in [0.25, 0.3) is 133 Å². The summed E-state index contributed by atoms with van der Waals surface area (Å²) in [6.07, 6.45) is 0. The molecule has 0 aliphatic heterocycles. The Balaban J connectivity index is 1.02. The smallest absolute Gasteiger partial charge is 0.162 e. The number of aromatic nitrogens is 3. The van der Waals surface area contributed by atoms with Crippen molar-refractivity contribution in [3.63, 3.8) is 0 Å². The van der Waals surface area contributed by atoms with E-state index in [9.17, 15) is 0 Å². The van der Waals surface area contributed by atoms with Crippen molar-refractivity contribution in [1.82, 2.24) is 15.0 Å². The van der Waals surface area contributed by atoms with Crippen molar-refractivity contribution < 1.29 is 4.42 Å². The lowest BCUT2D eigenvalue weighted by molar-refractivity contribution is 0.632. The number of rotatable bonds is 7. The lowest BCUT2D eigenvalue weighted by atomic mass is 9.90. The summed E-state index contributed by atoms with van der Waals surface area (Å²) in [5.74, 6) is 1.46. The number of hydrogen-bond donors (Lipinski definition) is 0. The molecule has 3 heterocycles. The van der Waals surface area contributed by atoms with Gasteiger partial charge in [0.05, 0.1) is 16.9 Å². The van der Waals surface area contributed by atoms with Crippen LogP contribution in [0, 0.1) is 0 Å². The van der Waals surface area contributed by atoms with Crippen molar-refractivity contribution in [2.75, 3.05) is 0 Å². The second kappa shape index (κ2) is 15.9. The van der Waals surface area contributed by atoms with Crippen LogP contribution in [0.5, 0.6) is 0 Å². The molecule has 312 valence electrons. The number of furan rings is 1. The van der Waals surface area contributed by atoms with Gasteiger partial charge in [0.2, 0.25) is 0 Å². The molecule has 0 saturated carbocycles. The van der Waals surface area contributed by atoms with Gasteiger partial charge in [0.15, 0.2) is 11.4 Å². The van der Waals surface area contributed by atoms with Crippen LogP contribution >= 0.6 is 0 Å². The summed E-state index contributed by atoms with van der Waals surface area (Å²) in [5, 5.41) is 9.46. The van der Waals surface area contributed by atoms with Gasteiger partial charge in [-0.05, 0) is 73.3 Å². The second-order valence-electron chi connectivity index (χ2n) is 17.1. The summed E-state index contributed by atoms with van der Waals surface area (Å²) < 4.78 is 7.26. The first-order valence-electron chi connectivity index (χ1n) is 22.7. The zero-order valence-corrected chi connectivity index (χ0v) is 36.3. The first-order valence-corrected chi connectivity index (χ1v) is 22.7. The van der Waals surface area contributed by atoms with Crippen molar-refractivity contribution in [2.45, 2.75) is 0 Å². The van der Waals surface area contributed by atoms with Gasteiger partial charge in [-0.1, -0.05) is 212 Å². The molecule has 13 rings (SSSR count). The van der Waals surface area contributed by atoms with Gasteiger partial charge in [-0.3, -0.25) is 0 Å². The van der Waals surface area contributed by atoms with Crippen molar-refractivity contribution >= 4 is 54.2 Å². The fourth-order valence-electron chi connectivity index (χ4n) is 9.88. The van der Waals surface area contributed by atoms with Crippen molar-refractivity contribution in [1.29, 1.82) is 0 Å². The molecule has 4 heteroatoms. The Kier molecular flexibility index (Phi) is 9.14. The maximum atomic E-state index is 7.26. The Morgan fingerprint density at radius 3 is 1.45 bits per heavy atom. The summed E-state index contributed by atoms with van der Waals surface area (Å²) in [7, 11) is 0. The predicted octanol–water partition coefficient (Wildman–Crippen LogP) is 16.9. The minimum absolute atomic E-state index is 0.672. The van der Waals surface area contributed by atoms with Gasteiger partial charge in [-0.15, -0.1) is 0 Å². The highest BCUT2D eigenvalue weighted by Gasteiger charge is 2.25. The fraction of sp³-hybridized carbons (Fsp3) is 0. The van der Waals surface area contributed by atoms with Crippen molar-refractivity contribution in [3.8, 4) is 78.7 Å². The lowest BCUT2D eigenvalue weighted by Gasteiger charge is -2.13. The molecule has 0 saturated heterocycles. The number of fused-ring (bicyclic) bond motifs is 9. The summed E-state index contributed by atoms with van der Waals surface area (Å²) in [6.45, 7) is 0. The minimum atomic E-state index is 0.672. The van der Waals surface area contributed by atoms with Gasteiger partial charge in [0.25, 0.3) is 0 Å². The third-order valence-electron chi connectivity index (χ3n) is 13.1. The molecule has 0 unspecified atom stereocenters. The number of hydrogen-bond acceptors (Lipinski definition) is 4. The SMILES string of the molecule is c1ccc(-c2cccc(-c3cc(-c4ccc(-c5oc6c(-c7ccccc7)nc7ccccc7c6c5-c5ccc6c7ccccc7c7ccccc7c6c5)cc4)nc(-c4ccccc4)n3)c2)cc1. The predicted molar refractivity (Wildman–Crippen MR) is 278 cm³/mol. The Morgan fingerprint density at radius 1 is 0.284 bits per heavy atom. The van der Waals surface area contributed by atoms with E-state index in [-0.39, 0.29) is 0 Å². The molecule has 0 fully saturated rings. The second-order valence-corrected chi connectivity index (χ2v) is 17.1. The average Bonchev–Trinajstić information content (AvgIpc) is 3.82. The largest absolute Gasteiger partial charge is 0.453 e. The fourth-order valence-corrected chi connectivity index (χ4v) is 9.88. The molecule has 0 N–H and O–H groups in total. The molecule has 0 aliphatic rings. The Bertz CT molecular complexity index is 3980. The van der Waals surface area contributed by atoms with Crippen molar-refractivity contribution in [3.05, 3.63) is 237 Å². The maximum absolute atomic E-state index is 7.26. The Morgan fingerprint density at radius 2 is 0.776 bits per heavy atom. The summed E-state index contributed by atoms with van der Waals surface area (Å²) >= 11 is 0. The third kappa shape index (κ3) is 6.65. The van der Waals surface area contributed by atoms with E-state index in [2.05, 4.69) is 206 Å². The van der Waals surface area contributed by atoms with Crippen LogP contribution in [0.15, 0.2) is 241 Å². The normalized spacial score (nSPS) is 11.6. The van der Waals surface area contributed by atoms with Gasteiger partial charge in [-0.25, -0.2) is 15.0 Å². The summed E-state index contributed by atoms with van der Waals surface area (Å²) in [5.41, 5.74) is 13.5. The van der Waals surface area contributed by atoms with E-state index < -0.39 is 0 Å².